The first-order valence-electron chi connectivity index (χ1n) is 9.30. The molecule has 0 bridgehead atoms. The average molecular weight is 359 g/mol. The Balaban J connectivity index is 1.59. The number of ether oxygens (including phenoxy) is 1. The third-order valence-electron chi connectivity index (χ3n) is 4.66. The minimum atomic E-state index is -0.0199. The number of carbonyl (C=O) groups is 1. The van der Waals surface area contributed by atoms with E-state index in [2.05, 4.69) is 17.4 Å². The van der Waals surface area contributed by atoms with Crippen molar-refractivity contribution in [1.82, 2.24) is 5.32 Å². The highest BCUT2D eigenvalue weighted by Crippen LogP contribution is 2.17. The van der Waals surface area contributed by atoms with E-state index in [4.69, 9.17) is 4.74 Å². The van der Waals surface area contributed by atoms with Gasteiger partial charge in [0.25, 0.3) is 5.91 Å². The maximum Gasteiger partial charge on any atom is 0.251 e. The SMILES string of the molecule is COc1ccccc1CCNC(=O)c1ccccc1CCc1ccccc1. The lowest BCUT2D eigenvalue weighted by Crippen LogP contribution is -2.26. The Kier molecular flexibility index (Phi) is 6.64. The molecule has 3 aromatic rings. The van der Waals surface area contributed by atoms with Gasteiger partial charge < -0.3 is 10.1 Å². The average Bonchev–Trinajstić information content (AvgIpc) is 2.73. The van der Waals surface area contributed by atoms with Crippen molar-refractivity contribution in [2.24, 2.45) is 0 Å². The second-order valence-electron chi connectivity index (χ2n) is 6.46. The number of para-hydroxylation sites is 1. The molecule has 0 aromatic heterocycles. The van der Waals surface area contributed by atoms with Gasteiger partial charge in [0, 0.05) is 12.1 Å². The van der Waals surface area contributed by atoms with Gasteiger partial charge in [0.2, 0.25) is 0 Å². The third kappa shape index (κ3) is 5.20. The summed E-state index contributed by atoms with van der Waals surface area (Å²) in [5.41, 5.74) is 4.21. The smallest absolute Gasteiger partial charge is 0.251 e. The molecule has 138 valence electrons. The summed E-state index contributed by atoms with van der Waals surface area (Å²) in [6.07, 6.45) is 2.51. The fourth-order valence-electron chi connectivity index (χ4n) is 3.20. The number of rotatable bonds is 8. The Hall–Kier alpha value is -3.07. The van der Waals surface area contributed by atoms with Crippen LogP contribution in [0.2, 0.25) is 0 Å². The van der Waals surface area contributed by atoms with Gasteiger partial charge in [-0.25, -0.2) is 0 Å². The monoisotopic (exact) mass is 359 g/mol. The lowest BCUT2D eigenvalue weighted by atomic mass is 9.99. The largest absolute Gasteiger partial charge is 0.496 e. The fraction of sp³-hybridized carbons (Fsp3) is 0.208. The van der Waals surface area contributed by atoms with Crippen molar-refractivity contribution in [3.05, 3.63) is 101 Å². The minimum absolute atomic E-state index is 0.0199. The normalized spacial score (nSPS) is 10.4. The first-order chi connectivity index (χ1) is 13.3. The third-order valence-corrected chi connectivity index (χ3v) is 4.66. The number of carbonyl (C=O) groups excluding carboxylic acids is 1. The van der Waals surface area contributed by atoms with Crippen LogP contribution in [-0.2, 0) is 19.3 Å². The Morgan fingerprint density at radius 1 is 0.778 bits per heavy atom. The van der Waals surface area contributed by atoms with E-state index >= 15 is 0 Å². The second kappa shape index (κ2) is 9.58. The summed E-state index contributed by atoms with van der Waals surface area (Å²) in [6.45, 7) is 0.576. The van der Waals surface area contributed by atoms with Crippen molar-refractivity contribution in [3.63, 3.8) is 0 Å². The summed E-state index contributed by atoms with van der Waals surface area (Å²) in [4.78, 5) is 12.7. The number of methoxy groups -OCH3 is 1. The molecular weight excluding hydrogens is 334 g/mol. The zero-order valence-corrected chi connectivity index (χ0v) is 15.7. The van der Waals surface area contributed by atoms with Crippen LogP contribution in [0.1, 0.15) is 27.0 Å². The molecule has 27 heavy (non-hydrogen) atoms. The predicted molar refractivity (Wildman–Crippen MR) is 109 cm³/mol. The summed E-state index contributed by atoms with van der Waals surface area (Å²) >= 11 is 0. The molecule has 0 unspecified atom stereocenters. The van der Waals surface area contributed by atoms with Crippen molar-refractivity contribution >= 4 is 5.91 Å². The van der Waals surface area contributed by atoms with E-state index in [1.165, 1.54) is 5.56 Å². The molecule has 1 amide bonds. The molecule has 3 heteroatoms. The zero-order chi connectivity index (χ0) is 18.9. The Bertz CT molecular complexity index is 874. The van der Waals surface area contributed by atoms with E-state index in [0.717, 1.165) is 41.7 Å². The molecular formula is C24H25NO2. The molecule has 0 fully saturated rings. The van der Waals surface area contributed by atoms with Crippen LogP contribution in [0, 0.1) is 0 Å². The van der Waals surface area contributed by atoms with Crippen molar-refractivity contribution < 1.29 is 9.53 Å². The maximum atomic E-state index is 12.7. The van der Waals surface area contributed by atoms with Gasteiger partial charge in [-0.05, 0) is 48.1 Å². The summed E-state index contributed by atoms with van der Waals surface area (Å²) in [5, 5.41) is 3.04. The van der Waals surface area contributed by atoms with Crippen molar-refractivity contribution in [3.8, 4) is 5.75 Å². The molecule has 0 heterocycles. The maximum absolute atomic E-state index is 12.7. The lowest BCUT2D eigenvalue weighted by Gasteiger charge is -2.12. The highest BCUT2D eigenvalue weighted by molar-refractivity contribution is 5.95. The summed E-state index contributed by atoms with van der Waals surface area (Å²) < 4.78 is 5.37. The van der Waals surface area contributed by atoms with E-state index in [1.54, 1.807) is 7.11 Å². The van der Waals surface area contributed by atoms with E-state index in [-0.39, 0.29) is 5.91 Å². The second-order valence-corrected chi connectivity index (χ2v) is 6.46. The van der Waals surface area contributed by atoms with Crippen LogP contribution in [0.25, 0.3) is 0 Å². The van der Waals surface area contributed by atoms with Gasteiger partial charge in [0.05, 0.1) is 7.11 Å². The minimum Gasteiger partial charge on any atom is -0.496 e. The van der Waals surface area contributed by atoms with Crippen LogP contribution in [0.15, 0.2) is 78.9 Å². The van der Waals surface area contributed by atoms with Gasteiger partial charge in [-0.1, -0.05) is 66.7 Å². The Morgan fingerprint density at radius 2 is 1.44 bits per heavy atom. The standard InChI is InChI=1S/C24H25NO2/c1-27-23-14-8-6-12-21(23)17-18-25-24(26)22-13-7-5-11-20(22)16-15-19-9-3-2-4-10-19/h2-14H,15-18H2,1H3,(H,25,26). The first-order valence-corrected chi connectivity index (χ1v) is 9.30. The van der Waals surface area contributed by atoms with Gasteiger partial charge in [0.1, 0.15) is 5.75 Å². The molecule has 0 spiro atoms. The Morgan fingerprint density at radius 3 is 2.22 bits per heavy atom. The van der Waals surface area contributed by atoms with Gasteiger partial charge in [-0.15, -0.1) is 0 Å². The van der Waals surface area contributed by atoms with Crippen LogP contribution < -0.4 is 10.1 Å². The molecule has 0 aliphatic rings. The quantitative estimate of drug-likeness (QED) is 0.645. The number of nitrogens with one attached hydrogen (secondary N) is 1. The molecule has 3 rings (SSSR count). The molecule has 0 aliphatic heterocycles. The van der Waals surface area contributed by atoms with Gasteiger partial charge in [0.15, 0.2) is 0 Å². The van der Waals surface area contributed by atoms with Crippen LogP contribution in [0.5, 0.6) is 5.75 Å². The highest BCUT2D eigenvalue weighted by atomic mass is 16.5. The molecule has 0 atom stereocenters. The van der Waals surface area contributed by atoms with E-state index in [0.29, 0.717) is 6.54 Å². The molecule has 0 radical (unpaired) electrons. The highest BCUT2D eigenvalue weighted by Gasteiger charge is 2.11. The van der Waals surface area contributed by atoms with Gasteiger partial charge in [-0.3, -0.25) is 4.79 Å². The summed E-state index contributed by atoms with van der Waals surface area (Å²) in [6, 6.07) is 26.1. The Labute approximate surface area is 161 Å². The summed E-state index contributed by atoms with van der Waals surface area (Å²) in [5.74, 6) is 0.837. The van der Waals surface area contributed by atoms with Crippen molar-refractivity contribution in [1.29, 1.82) is 0 Å². The number of benzene rings is 3. The molecule has 3 aromatic carbocycles. The number of hydrogen-bond donors (Lipinski definition) is 1. The van der Waals surface area contributed by atoms with Gasteiger partial charge in [-0.2, -0.15) is 0 Å². The molecule has 0 saturated heterocycles. The van der Waals surface area contributed by atoms with Crippen LogP contribution >= 0.6 is 0 Å². The van der Waals surface area contributed by atoms with Crippen molar-refractivity contribution in [2.45, 2.75) is 19.3 Å². The van der Waals surface area contributed by atoms with E-state index < -0.39 is 0 Å². The van der Waals surface area contributed by atoms with Crippen LogP contribution in [-0.4, -0.2) is 19.6 Å². The van der Waals surface area contributed by atoms with Gasteiger partial charge >= 0.3 is 0 Å². The first kappa shape index (κ1) is 18.7. The van der Waals surface area contributed by atoms with Crippen LogP contribution in [0.3, 0.4) is 0 Å². The lowest BCUT2D eigenvalue weighted by molar-refractivity contribution is 0.0953. The van der Waals surface area contributed by atoms with E-state index in [9.17, 15) is 4.79 Å². The predicted octanol–water partition coefficient (Wildman–Crippen LogP) is 4.45. The molecule has 0 saturated carbocycles. The number of amides is 1. The fourth-order valence-corrected chi connectivity index (χ4v) is 3.20. The molecule has 3 nitrogen and oxygen atoms in total. The van der Waals surface area contributed by atoms with E-state index in [1.807, 2.05) is 66.7 Å². The molecule has 0 aliphatic carbocycles. The number of aryl methyl sites for hydroxylation is 2. The topological polar surface area (TPSA) is 38.3 Å². The summed E-state index contributed by atoms with van der Waals surface area (Å²) in [7, 11) is 1.67. The number of hydrogen-bond acceptors (Lipinski definition) is 2. The van der Waals surface area contributed by atoms with Crippen molar-refractivity contribution in [2.75, 3.05) is 13.7 Å². The molecule has 1 N–H and O–H groups in total. The zero-order valence-electron chi connectivity index (χ0n) is 15.7. The van der Waals surface area contributed by atoms with Crippen LogP contribution in [0.4, 0.5) is 0 Å².